The van der Waals surface area contributed by atoms with Crippen LogP contribution in [0.25, 0.3) is 11.1 Å². The third-order valence-electron chi connectivity index (χ3n) is 6.66. The highest BCUT2D eigenvalue weighted by Gasteiger charge is 2.10. The van der Waals surface area contributed by atoms with Crippen molar-refractivity contribution in [3.05, 3.63) is 60.2 Å². The van der Waals surface area contributed by atoms with Gasteiger partial charge in [-0.1, -0.05) is 151 Å². The van der Waals surface area contributed by atoms with Crippen LogP contribution in [0.3, 0.4) is 0 Å². The molecule has 0 bridgehead atoms. The fourth-order valence-corrected chi connectivity index (χ4v) is 4.42. The molecular weight excluding hydrogens is 432 g/mol. The SMILES string of the molecule is CCCCCCCCCCCCCCCCCC(=O)OCC(=O)c1ccc(-c2ccccc2)cc1. The lowest BCUT2D eigenvalue weighted by atomic mass is 10.0. The molecule has 3 heteroatoms. The van der Waals surface area contributed by atoms with Crippen molar-refractivity contribution < 1.29 is 14.3 Å². The first-order valence-corrected chi connectivity index (χ1v) is 14.0. The van der Waals surface area contributed by atoms with E-state index in [0.717, 1.165) is 24.0 Å². The molecule has 0 radical (unpaired) electrons. The van der Waals surface area contributed by atoms with E-state index in [-0.39, 0.29) is 18.4 Å². The van der Waals surface area contributed by atoms with Crippen LogP contribution in [0.15, 0.2) is 54.6 Å². The van der Waals surface area contributed by atoms with E-state index in [2.05, 4.69) is 6.92 Å². The Hall–Kier alpha value is -2.42. The van der Waals surface area contributed by atoms with Crippen LogP contribution in [0.2, 0.25) is 0 Å². The van der Waals surface area contributed by atoms with E-state index in [9.17, 15) is 9.59 Å². The van der Waals surface area contributed by atoms with Crippen molar-refractivity contribution >= 4 is 11.8 Å². The van der Waals surface area contributed by atoms with Crippen LogP contribution in [0.4, 0.5) is 0 Å². The van der Waals surface area contributed by atoms with Crippen LogP contribution in [0.5, 0.6) is 0 Å². The van der Waals surface area contributed by atoms with Gasteiger partial charge in [0.25, 0.3) is 0 Å². The van der Waals surface area contributed by atoms with Crippen LogP contribution in [-0.4, -0.2) is 18.4 Å². The number of hydrogen-bond donors (Lipinski definition) is 0. The van der Waals surface area contributed by atoms with E-state index in [4.69, 9.17) is 4.74 Å². The molecule has 0 N–H and O–H groups in total. The lowest BCUT2D eigenvalue weighted by molar-refractivity contribution is -0.142. The van der Waals surface area contributed by atoms with Gasteiger partial charge in [-0.05, 0) is 17.5 Å². The molecule has 0 saturated carbocycles. The largest absolute Gasteiger partial charge is 0.457 e. The van der Waals surface area contributed by atoms with Gasteiger partial charge in [0.15, 0.2) is 12.4 Å². The summed E-state index contributed by atoms with van der Waals surface area (Å²) in [5.74, 6) is -0.427. The molecule has 0 aliphatic rings. The van der Waals surface area contributed by atoms with Crippen molar-refractivity contribution in [1.29, 1.82) is 0 Å². The number of Topliss-reactive ketones (excluding diaryl/α,β-unsaturated/α-hetero) is 1. The maximum Gasteiger partial charge on any atom is 0.306 e. The first-order chi connectivity index (χ1) is 17.2. The van der Waals surface area contributed by atoms with Gasteiger partial charge in [-0.15, -0.1) is 0 Å². The fourth-order valence-electron chi connectivity index (χ4n) is 4.42. The average Bonchev–Trinajstić information content (AvgIpc) is 2.90. The number of carbonyl (C=O) groups excluding carboxylic acids is 2. The van der Waals surface area contributed by atoms with Gasteiger partial charge in [0.1, 0.15) is 0 Å². The van der Waals surface area contributed by atoms with Crippen molar-refractivity contribution in [2.24, 2.45) is 0 Å². The number of esters is 1. The summed E-state index contributed by atoms with van der Waals surface area (Å²) in [5, 5.41) is 0. The molecule has 0 saturated heterocycles. The molecule has 0 spiro atoms. The number of ether oxygens (including phenoxy) is 1. The van der Waals surface area contributed by atoms with Gasteiger partial charge >= 0.3 is 5.97 Å². The molecule has 2 aromatic rings. The van der Waals surface area contributed by atoms with E-state index >= 15 is 0 Å². The Labute approximate surface area is 213 Å². The zero-order valence-corrected chi connectivity index (χ0v) is 21.9. The quantitative estimate of drug-likeness (QED) is 0.108. The molecule has 35 heavy (non-hydrogen) atoms. The zero-order valence-electron chi connectivity index (χ0n) is 21.9. The van der Waals surface area contributed by atoms with Gasteiger partial charge in [-0.2, -0.15) is 0 Å². The maximum atomic E-state index is 12.3. The molecular formula is C32H46O3. The minimum absolute atomic E-state index is 0.158. The monoisotopic (exact) mass is 478 g/mol. The van der Waals surface area contributed by atoms with Gasteiger partial charge < -0.3 is 4.74 Å². The first-order valence-electron chi connectivity index (χ1n) is 14.0. The van der Waals surface area contributed by atoms with Crippen molar-refractivity contribution in [2.45, 2.75) is 110 Å². The van der Waals surface area contributed by atoms with E-state index in [1.165, 1.54) is 83.5 Å². The zero-order chi connectivity index (χ0) is 25.0. The molecule has 0 heterocycles. The Balaban J connectivity index is 1.42. The maximum absolute atomic E-state index is 12.3. The van der Waals surface area contributed by atoms with Gasteiger partial charge in [0.2, 0.25) is 0 Å². The highest BCUT2D eigenvalue weighted by atomic mass is 16.5. The summed E-state index contributed by atoms with van der Waals surface area (Å²) in [6, 6.07) is 17.5. The number of rotatable bonds is 20. The third-order valence-corrected chi connectivity index (χ3v) is 6.66. The topological polar surface area (TPSA) is 43.4 Å². The number of hydrogen-bond acceptors (Lipinski definition) is 3. The highest BCUT2D eigenvalue weighted by molar-refractivity contribution is 5.98. The fraction of sp³-hybridized carbons (Fsp3) is 0.562. The summed E-state index contributed by atoms with van der Waals surface area (Å²) in [7, 11) is 0. The second kappa shape index (κ2) is 18.9. The number of ketones is 1. The molecule has 0 fully saturated rings. The summed E-state index contributed by atoms with van der Waals surface area (Å²) in [4.78, 5) is 24.3. The van der Waals surface area contributed by atoms with Crippen LogP contribution in [0, 0.1) is 0 Å². The molecule has 0 aliphatic heterocycles. The second-order valence-corrected chi connectivity index (χ2v) is 9.73. The first kappa shape index (κ1) is 28.8. The molecule has 3 nitrogen and oxygen atoms in total. The predicted molar refractivity (Wildman–Crippen MR) is 147 cm³/mol. The lowest BCUT2D eigenvalue weighted by Crippen LogP contribution is -2.13. The van der Waals surface area contributed by atoms with Crippen LogP contribution >= 0.6 is 0 Å². The standard InChI is InChI=1S/C32H46O3/c1-2-3-4-5-6-7-8-9-10-11-12-13-14-15-19-22-32(34)35-27-31(33)30-25-23-29(24-26-30)28-20-17-16-18-21-28/h16-18,20-21,23-26H,2-15,19,22,27H2,1H3. The molecule has 192 valence electrons. The number of benzene rings is 2. The highest BCUT2D eigenvalue weighted by Crippen LogP contribution is 2.19. The van der Waals surface area contributed by atoms with Crippen molar-refractivity contribution in [1.82, 2.24) is 0 Å². The lowest BCUT2D eigenvalue weighted by Gasteiger charge is -2.06. The normalized spacial score (nSPS) is 10.9. The van der Waals surface area contributed by atoms with Gasteiger partial charge in [-0.3, -0.25) is 9.59 Å². The Morgan fingerprint density at radius 3 is 1.54 bits per heavy atom. The predicted octanol–water partition coefficient (Wildman–Crippen LogP) is 9.34. The molecule has 0 atom stereocenters. The summed E-state index contributed by atoms with van der Waals surface area (Å²) in [6.45, 7) is 2.09. The molecule has 2 rings (SSSR count). The molecule has 0 aromatic heterocycles. The van der Waals surface area contributed by atoms with E-state index < -0.39 is 0 Å². The molecule has 2 aromatic carbocycles. The molecule has 0 amide bonds. The van der Waals surface area contributed by atoms with Crippen molar-refractivity contribution in [2.75, 3.05) is 6.61 Å². The van der Waals surface area contributed by atoms with Crippen molar-refractivity contribution in [3.8, 4) is 11.1 Å². The Morgan fingerprint density at radius 2 is 1.03 bits per heavy atom. The van der Waals surface area contributed by atoms with E-state index in [1.807, 2.05) is 42.5 Å². The van der Waals surface area contributed by atoms with Crippen LogP contribution < -0.4 is 0 Å². The smallest absolute Gasteiger partial charge is 0.306 e. The number of unbranched alkanes of at least 4 members (excludes halogenated alkanes) is 14. The summed E-state index contributed by atoms with van der Waals surface area (Å²) in [5.41, 5.74) is 2.75. The Morgan fingerprint density at radius 1 is 0.571 bits per heavy atom. The van der Waals surface area contributed by atoms with Gasteiger partial charge in [0.05, 0.1) is 0 Å². The third kappa shape index (κ3) is 13.3. The minimum Gasteiger partial charge on any atom is -0.457 e. The molecule has 0 aliphatic carbocycles. The van der Waals surface area contributed by atoms with Gasteiger partial charge in [-0.25, -0.2) is 0 Å². The minimum atomic E-state index is -0.269. The number of carbonyl (C=O) groups is 2. The van der Waals surface area contributed by atoms with Crippen LogP contribution in [-0.2, 0) is 9.53 Å². The second-order valence-electron chi connectivity index (χ2n) is 9.73. The van der Waals surface area contributed by atoms with Crippen LogP contribution in [0.1, 0.15) is 120 Å². The summed E-state index contributed by atoms with van der Waals surface area (Å²) < 4.78 is 5.20. The van der Waals surface area contributed by atoms with Gasteiger partial charge in [0, 0.05) is 12.0 Å². The average molecular weight is 479 g/mol. The Bertz CT molecular complexity index is 810. The summed E-state index contributed by atoms with van der Waals surface area (Å²) in [6.07, 6.45) is 19.9. The van der Waals surface area contributed by atoms with E-state index in [1.54, 1.807) is 12.1 Å². The molecule has 0 unspecified atom stereocenters. The van der Waals surface area contributed by atoms with Crippen molar-refractivity contribution in [3.63, 3.8) is 0 Å². The summed E-state index contributed by atoms with van der Waals surface area (Å²) >= 11 is 0. The van der Waals surface area contributed by atoms with E-state index in [0.29, 0.717) is 12.0 Å². The Kier molecular flexibility index (Phi) is 15.5.